The molecule has 27 heavy (non-hydrogen) atoms. The van der Waals surface area contributed by atoms with Gasteiger partial charge in [-0.2, -0.15) is 0 Å². The van der Waals surface area contributed by atoms with E-state index in [0.717, 1.165) is 52.2 Å². The second-order valence-corrected chi connectivity index (χ2v) is 7.23. The molecule has 2 aliphatic heterocycles. The Bertz CT molecular complexity index is 559. The highest BCUT2D eigenvalue weighted by atomic mass is 35.5. The van der Waals surface area contributed by atoms with Crippen LogP contribution in [0.25, 0.3) is 0 Å². The van der Waals surface area contributed by atoms with Crippen LogP contribution in [0.3, 0.4) is 0 Å². The van der Waals surface area contributed by atoms with Gasteiger partial charge in [-0.05, 0) is 31.8 Å². The topological polar surface area (TPSA) is 84.3 Å². The molecule has 2 aliphatic rings. The highest BCUT2D eigenvalue weighted by Gasteiger charge is 2.25. The molecule has 2 N–H and O–H groups in total. The zero-order valence-corrected chi connectivity index (χ0v) is 17.7. The Morgan fingerprint density at radius 3 is 2.59 bits per heavy atom. The summed E-state index contributed by atoms with van der Waals surface area (Å²) in [6.45, 7) is 10.4. The first kappa shape index (κ1) is 24.1. The first-order valence-electron chi connectivity index (χ1n) is 9.37. The van der Waals surface area contributed by atoms with E-state index in [1.807, 2.05) is 4.68 Å². The molecule has 1 aromatic rings. The first-order valence-corrected chi connectivity index (χ1v) is 9.37. The van der Waals surface area contributed by atoms with E-state index >= 15 is 0 Å². The molecule has 8 nitrogen and oxygen atoms in total. The third kappa shape index (κ3) is 6.57. The van der Waals surface area contributed by atoms with Gasteiger partial charge in [0.15, 0.2) is 5.69 Å². The zero-order valence-electron chi connectivity index (χ0n) is 16.1. The molecule has 0 bridgehead atoms. The van der Waals surface area contributed by atoms with E-state index in [1.165, 1.54) is 0 Å². The number of carbonyl (C=O) groups is 1. The molecular formula is C17H32Cl2N6O2. The Labute approximate surface area is 173 Å². The third-order valence-electron chi connectivity index (χ3n) is 5.18. The smallest absolute Gasteiger partial charge is 0.273 e. The van der Waals surface area contributed by atoms with Crippen LogP contribution in [0, 0.1) is 5.92 Å². The van der Waals surface area contributed by atoms with Gasteiger partial charge in [-0.1, -0.05) is 19.1 Å². The number of carbonyl (C=O) groups excluding carboxylic acids is 1. The molecule has 1 aromatic heterocycles. The molecule has 156 valence electrons. The van der Waals surface area contributed by atoms with Crippen LogP contribution >= 0.6 is 24.8 Å². The summed E-state index contributed by atoms with van der Waals surface area (Å²) in [5.74, 6) is 0.322. The summed E-state index contributed by atoms with van der Waals surface area (Å²) in [5, 5.41) is 14.6. The maximum Gasteiger partial charge on any atom is 0.273 e. The van der Waals surface area contributed by atoms with E-state index in [1.54, 1.807) is 6.20 Å². The van der Waals surface area contributed by atoms with Crippen molar-refractivity contribution in [3.05, 3.63) is 11.9 Å². The van der Waals surface area contributed by atoms with Crippen LogP contribution in [0.1, 0.15) is 43.2 Å². The monoisotopic (exact) mass is 422 g/mol. The van der Waals surface area contributed by atoms with Crippen molar-refractivity contribution in [2.45, 2.75) is 38.8 Å². The Kier molecular flexibility index (Phi) is 10.5. The van der Waals surface area contributed by atoms with Gasteiger partial charge in [0.25, 0.3) is 5.91 Å². The van der Waals surface area contributed by atoms with Crippen molar-refractivity contribution in [3.63, 3.8) is 0 Å². The number of halogens is 2. The fraction of sp³-hybridized carbons (Fsp3) is 0.824. The number of nitrogens with zero attached hydrogens (tertiary/aromatic N) is 4. The average molecular weight is 423 g/mol. The molecule has 0 aliphatic carbocycles. The van der Waals surface area contributed by atoms with Crippen molar-refractivity contribution in [2.24, 2.45) is 5.92 Å². The van der Waals surface area contributed by atoms with Crippen molar-refractivity contribution in [3.8, 4) is 0 Å². The lowest BCUT2D eigenvalue weighted by molar-refractivity contribution is 0.00671. The fourth-order valence-electron chi connectivity index (χ4n) is 3.61. The highest BCUT2D eigenvalue weighted by Crippen LogP contribution is 2.17. The van der Waals surface area contributed by atoms with Gasteiger partial charge in [0.1, 0.15) is 0 Å². The number of hydrogen-bond acceptors (Lipinski definition) is 6. The van der Waals surface area contributed by atoms with Gasteiger partial charge >= 0.3 is 0 Å². The molecule has 1 unspecified atom stereocenters. The van der Waals surface area contributed by atoms with Crippen molar-refractivity contribution in [2.75, 3.05) is 45.9 Å². The molecular weight excluding hydrogens is 391 g/mol. The SMILES string of the molecule is CC(C)C(CNC(=O)c1cn(C2CCNCC2)nn1)N1CCOCC1.Cl.Cl. The number of rotatable bonds is 6. The molecule has 3 rings (SSSR count). The number of ether oxygens (including phenoxy) is 1. The number of hydrogen-bond donors (Lipinski definition) is 2. The van der Waals surface area contributed by atoms with Crippen molar-refractivity contribution >= 4 is 30.7 Å². The first-order chi connectivity index (χ1) is 12.1. The van der Waals surface area contributed by atoms with Gasteiger partial charge < -0.3 is 15.4 Å². The molecule has 2 fully saturated rings. The minimum atomic E-state index is -0.140. The quantitative estimate of drug-likeness (QED) is 0.714. The molecule has 1 atom stereocenters. The van der Waals surface area contributed by atoms with E-state index in [2.05, 4.69) is 39.7 Å². The van der Waals surface area contributed by atoms with Crippen LogP contribution in [0.2, 0.25) is 0 Å². The summed E-state index contributed by atoms with van der Waals surface area (Å²) >= 11 is 0. The summed E-state index contributed by atoms with van der Waals surface area (Å²) < 4.78 is 7.28. The van der Waals surface area contributed by atoms with Crippen LogP contribution < -0.4 is 10.6 Å². The summed E-state index contributed by atoms with van der Waals surface area (Å²) in [7, 11) is 0. The fourth-order valence-corrected chi connectivity index (χ4v) is 3.61. The molecule has 2 saturated heterocycles. The van der Waals surface area contributed by atoms with E-state index in [9.17, 15) is 4.79 Å². The van der Waals surface area contributed by atoms with Crippen LogP contribution in [-0.2, 0) is 4.74 Å². The van der Waals surface area contributed by atoms with Crippen LogP contribution in [0.15, 0.2) is 6.20 Å². The lowest BCUT2D eigenvalue weighted by Crippen LogP contribution is -2.51. The summed E-state index contributed by atoms with van der Waals surface area (Å²) in [4.78, 5) is 14.9. The van der Waals surface area contributed by atoms with Crippen LogP contribution in [-0.4, -0.2) is 77.8 Å². The van der Waals surface area contributed by atoms with Crippen molar-refractivity contribution < 1.29 is 9.53 Å². The predicted octanol–water partition coefficient (Wildman–Crippen LogP) is 1.13. The van der Waals surface area contributed by atoms with Gasteiger partial charge in [0, 0.05) is 25.7 Å². The van der Waals surface area contributed by atoms with Gasteiger partial charge in [-0.15, -0.1) is 29.9 Å². The third-order valence-corrected chi connectivity index (χ3v) is 5.18. The van der Waals surface area contributed by atoms with Gasteiger partial charge in [0.2, 0.25) is 0 Å². The van der Waals surface area contributed by atoms with Gasteiger partial charge in [-0.25, -0.2) is 4.68 Å². The number of morpholine rings is 1. The zero-order chi connectivity index (χ0) is 17.6. The Morgan fingerprint density at radius 2 is 1.96 bits per heavy atom. The minimum Gasteiger partial charge on any atom is -0.379 e. The summed E-state index contributed by atoms with van der Waals surface area (Å²) in [6, 6.07) is 0.652. The van der Waals surface area contributed by atoms with E-state index in [-0.39, 0.29) is 30.7 Å². The maximum atomic E-state index is 12.5. The van der Waals surface area contributed by atoms with E-state index in [4.69, 9.17) is 4.74 Å². The number of piperidine rings is 1. The minimum absolute atomic E-state index is 0. The lowest BCUT2D eigenvalue weighted by Gasteiger charge is -2.36. The lowest BCUT2D eigenvalue weighted by atomic mass is 10.0. The number of nitrogens with one attached hydrogen (secondary N) is 2. The average Bonchev–Trinajstić information content (AvgIpc) is 3.13. The molecule has 0 radical (unpaired) electrons. The second kappa shape index (κ2) is 11.8. The summed E-state index contributed by atoms with van der Waals surface area (Å²) in [5.41, 5.74) is 0.406. The Morgan fingerprint density at radius 1 is 1.30 bits per heavy atom. The normalized spacial score (nSPS) is 19.8. The summed E-state index contributed by atoms with van der Waals surface area (Å²) in [6.07, 6.45) is 3.83. The Hall–Kier alpha value is -0.930. The highest BCUT2D eigenvalue weighted by molar-refractivity contribution is 5.91. The number of amides is 1. The molecule has 10 heteroatoms. The van der Waals surface area contributed by atoms with Gasteiger partial charge in [0.05, 0.1) is 25.5 Å². The maximum absolute atomic E-state index is 12.5. The standard InChI is InChI=1S/C17H30N6O2.2ClH/c1-13(2)16(22-7-9-25-10-8-22)11-19-17(24)15-12-23(21-20-15)14-3-5-18-6-4-14;;/h12-14,16,18H,3-11H2,1-2H3,(H,19,24);2*1H. The molecule has 0 spiro atoms. The largest absolute Gasteiger partial charge is 0.379 e. The van der Waals surface area contributed by atoms with E-state index < -0.39 is 0 Å². The van der Waals surface area contributed by atoms with Crippen LogP contribution in [0.4, 0.5) is 0 Å². The molecule has 0 saturated carbocycles. The molecule has 3 heterocycles. The van der Waals surface area contributed by atoms with Crippen molar-refractivity contribution in [1.82, 2.24) is 30.5 Å². The number of aromatic nitrogens is 3. The predicted molar refractivity (Wildman–Crippen MR) is 109 cm³/mol. The second-order valence-electron chi connectivity index (χ2n) is 7.23. The van der Waals surface area contributed by atoms with E-state index in [0.29, 0.717) is 30.2 Å². The van der Waals surface area contributed by atoms with Gasteiger partial charge in [-0.3, -0.25) is 9.69 Å². The molecule has 0 aromatic carbocycles. The van der Waals surface area contributed by atoms with Crippen LogP contribution in [0.5, 0.6) is 0 Å². The van der Waals surface area contributed by atoms with Crippen molar-refractivity contribution in [1.29, 1.82) is 0 Å². The molecule has 1 amide bonds. The Balaban J connectivity index is 0.00000182.